The van der Waals surface area contributed by atoms with Gasteiger partial charge >= 0.3 is 0 Å². The molecule has 0 bridgehead atoms. The van der Waals surface area contributed by atoms with Crippen LogP contribution in [0.2, 0.25) is 0 Å². The van der Waals surface area contributed by atoms with Crippen LogP contribution in [-0.4, -0.2) is 37.2 Å². The fourth-order valence-corrected chi connectivity index (χ4v) is 2.65. The van der Waals surface area contributed by atoms with Crippen LogP contribution in [0.5, 0.6) is 0 Å². The molecule has 2 heterocycles. The van der Waals surface area contributed by atoms with Crippen molar-refractivity contribution in [2.75, 3.05) is 31.2 Å². The van der Waals surface area contributed by atoms with Gasteiger partial charge < -0.3 is 21.1 Å². The zero-order chi connectivity index (χ0) is 16.2. The first kappa shape index (κ1) is 15.5. The average Bonchev–Trinajstić information content (AvgIpc) is 2.62. The Labute approximate surface area is 135 Å². The number of rotatable bonds is 4. The van der Waals surface area contributed by atoms with Crippen LogP contribution >= 0.6 is 0 Å². The van der Waals surface area contributed by atoms with Crippen LogP contribution in [0, 0.1) is 0 Å². The minimum atomic E-state index is -0.531. The van der Waals surface area contributed by atoms with Crippen molar-refractivity contribution in [1.82, 2.24) is 4.98 Å². The molecule has 23 heavy (non-hydrogen) atoms. The highest BCUT2D eigenvalue weighted by atomic mass is 16.5. The molecule has 4 N–H and O–H groups in total. The number of aromatic nitrogens is 1. The van der Waals surface area contributed by atoms with E-state index in [1.807, 2.05) is 30.3 Å². The Morgan fingerprint density at radius 1 is 1.22 bits per heavy atom. The molecule has 6 heteroatoms. The monoisotopic (exact) mass is 312 g/mol. The number of carbonyl (C=O) groups is 1. The third kappa shape index (κ3) is 3.49. The Balaban J connectivity index is 2.04. The number of carbonyl (C=O) groups excluding carboxylic acids is 1. The van der Waals surface area contributed by atoms with Gasteiger partial charge in [0.1, 0.15) is 5.69 Å². The van der Waals surface area contributed by atoms with Gasteiger partial charge in [-0.05, 0) is 23.8 Å². The second-order valence-electron chi connectivity index (χ2n) is 5.46. The number of pyridine rings is 1. The van der Waals surface area contributed by atoms with Crippen LogP contribution in [-0.2, 0) is 11.3 Å². The number of amides is 1. The van der Waals surface area contributed by atoms with E-state index >= 15 is 0 Å². The summed E-state index contributed by atoms with van der Waals surface area (Å²) in [6.07, 6.45) is 0. The van der Waals surface area contributed by atoms with Gasteiger partial charge in [-0.2, -0.15) is 0 Å². The second kappa shape index (κ2) is 6.76. The first-order valence-corrected chi connectivity index (χ1v) is 7.61. The normalized spacial score (nSPS) is 14.7. The average molecular weight is 312 g/mol. The van der Waals surface area contributed by atoms with Crippen LogP contribution in [0.4, 0.5) is 5.69 Å². The van der Waals surface area contributed by atoms with Gasteiger partial charge in [-0.1, -0.05) is 18.2 Å². The summed E-state index contributed by atoms with van der Waals surface area (Å²) < 4.78 is 5.38. The van der Waals surface area contributed by atoms with E-state index in [9.17, 15) is 4.79 Å². The molecule has 0 spiro atoms. The molecule has 1 saturated heterocycles. The molecule has 0 atom stereocenters. The summed E-state index contributed by atoms with van der Waals surface area (Å²) in [5, 5.41) is 0. The van der Waals surface area contributed by atoms with Crippen LogP contribution in [0.15, 0.2) is 36.4 Å². The number of nitrogens with zero attached hydrogens (tertiary/aromatic N) is 2. The highest BCUT2D eigenvalue weighted by Crippen LogP contribution is 2.25. The smallest absolute Gasteiger partial charge is 0.267 e. The molecular weight excluding hydrogens is 292 g/mol. The summed E-state index contributed by atoms with van der Waals surface area (Å²) >= 11 is 0. The molecule has 1 aromatic heterocycles. The summed E-state index contributed by atoms with van der Waals surface area (Å²) in [5.41, 5.74) is 15.0. The first-order valence-electron chi connectivity index (χ1n) is 7.61. The number of morpholine rings is 1. The summed E-state index contributed by atoms with van der Waals surface area (Å²) in [4.78, 5) is 18.2. The third-order valence-corrected chi connectivity index (χ3v) is 3.90. The largest absolute Gasteiger partial charge is 0.378 e. The van der Waals surface area contributed by atoms with Crippen molar-refractivity contribution < 1.29 is 9.53 Å². The van der Waals surface area contributed by atoms with E-state index in [1.165, 1.54) is 0 Å². The number of primary amides is 1. The van der Waals surface area contributed by atoms with Crippen molar-refractivity contribution in [3.8, 4) is 11.3 Å². The van der Waals surface area contributed by atoms with Crippen LogP contribution < -0.4 is 16.4 Å². The second-order valence-corrected chi connectivity index (χ2v) is 5.46. The Kier molecular flexibility index (Phi) is 4.55. The standard InChI is InChI=1S/C17H20N4O2/c18-11-12-2-1-3-13(8-12)15-9-14(10-16(20-15)17(19)22)21-4-6-23-7-5-21/h1-3,8-10H,4-7,11,18H2,(H2,19,22). The molecule has 6 nitrogen and oxygen atoms in total. The van der Waals surface area contributed by atoms with Gasteiger partial charge in [-0.15, -0.1) is 0 Å². The molecule has 120 valence electrons. The van der Waals surface area contributed by atoms with Gasteiger partial charge in [-0.3, -0.25) is 4.79 Å². The maximum atomic E-state index is 11.6. The quantitative estimate of drug-likeness (QED) is 0.883. The van der Waals surface area contributed by atoms with E-state index < -0.39 is 5.91 Å². The molecule has 0 saturated carbocycles. The number of benzene rings is 1. The highest BCUT2D eigenvalue weighted by Gasteiger charge is 2.16. The molecule has 1 aromatic carbocycles. The van der Waals surface area contributed by atoms with Gasteiger partial charge in [-0.25, -0.2) is 4.98 Å². The fourth-order valence-electron chi connectivity index (χ4n) is 2.65. The van der Waals surface area contributed by atoms with Crippen molar-refractivity contribution in [2.45, 2.75) is 6.54 Å². The summed E-state index contributed by atoms with van der Waals surface area (Å²) in [6.45, 7) is 3.37. The minimum absolute atomic E-state index is 0.266. The van der Waals surface area contributed by atoms with Crippen LogP contribution in [0.25, 0.3) is 11.3 Å². The molecule has 1 aliphatic heterocycles. The lowest BCUT2D eigenvalue weighted by Gasteiger charge is -2.29. The molecule has 0 radical (unpaired) electrons. The lowest BCUT2D eigenvalue weighted by atomic mass is 10.1. The Hall–Kier alpha value is -2.44. The van der Waals surface area contributed by atoms with Crippen molar-refractivity contribution in [3.05, 3.63) is 47.7 Å². The lowest BCUT2D eigenvalue weighted by molar-refractivity contribution is 0.0995. The summed E-state index contributed by atoms with van der Waals surface area (Å²) in [7, 11) is 0. The predicted octanol–water partition coefficient (Wildman–Crippen LogP) is 1.14. The number of hydrogen-bond donors (Lipinski definition) is 2. The molecule has 0 aliphatic carbocycles. The SMILES string of the molecule is NCc1cccc(-c2cc(N3CCOCC3)cc(C(N)=O)n2)c1. The van der Waals surface area contributed by atoms with E-state index in [-0.39, 0.29) is 5.69 Å². The van der Waals surface area contributed by atoms with Crippen molar-refractivity contribution in [1.29, 1.82) is 0 Å². The molecule has 1 aliphatic rings. The van der Waals surface area contributed by atoms with Gasteiger partial charge in [0.15, 0.2) is 0 Å². The Morgan fingerprint density at radius 3 is 2.70 bits per heavy atom. The number of hydrogen-bond acceptors (Lipinski definition) is 5. The first-order chi connectivity index (χ1) is 11.2. The number of ether oxygens (including phenoxy) is 1. The van der Waals surface area contributed by atoms with Gasteiger partial charge in [0.25, 0.3) is 5.91 Å². The van der Waals surface area contributed by atoms with Gasteiger partial charge in [0.05, 0.1) is 18.9 Å². The molecule has 1 amide bonds. The van der Waals surface area contributed by atoms with E-state index in [0.29, 0.717) is 19.8 Å². The van der Waals surface area contributed by atoms with Crippen LogP contribution in [0.1, 0.15) is 16.1 Å². The van der Waals surface area contributed by atoms with E-state index in [4.69, 9.17) is 16.2 Å². The van der Waals surface area contributed by atoms with Crippen LogP contribution in [0.3, 0.4) is 0 Å². The Bertz CT molecular complexity index is 711. The van der Waals surface area contributed by atoms with E-state index in [0.717, 1.165) is 35.6 Å². The minimum Gasteiger partial charge on any atom is -0.378 e. The lowest BCUT2D eigenvalue weighted by Crippen LogP contribution is -2.36. The maximum Gasteiger partial charge on any atom is 0.267 e. The number of nitrogens with two attached hydrogens (primary N) is 2. The summed E-state index contributed by atoms with van der Waals surface area (Å²) in [6, 6.07) is 11.6. The summed E-state index contributed by atoms with van der Waals surface area (Å²) in [5.74, 6) is -0.531. The molecule has 3 rings (SSSR count). The van der Waals surface area contributed by atoms with E-state index in [1.54, 1.807) is 6.07 Å². The predicted molar refractivity (Wildman–Crippen MR) is 89.1 cm³/mol. The van der Waals surface area contributed by atoms with Gasteiger partial charge in [0, 0.05) is 30.9 Å². The topological polar surface area (TPSA) is 94.5 Å². The van der Waals surface area contributed by atoms with Gasteiger partial charge in [0.2, 0.25) is 0 Å². The van der Waals surface area contributed by atoms with E-state index in [2.05, 4.69) is 9.88 Å². The Morgan fingerprint density at radius 2 is 2.00 bits per heavy atom. The molecule has 0 unspecified atom stereocenters. The zero-order valence-electron chi connectivity index (χ0n) is 12.9. The molecular formula is C17H20N4O2. The zero-order valence-corrected chi connectivity index (χ0v) is 12.9. The molecule has 2 aromatic rings. The van der Waals surface area contributed by atoms with Crippen molar-refractivity contribution in [2.24, 2.45) is 11.5 Å². The highest BCUT2D eigenvalue weighted by molar-refractivity contribution is 5.92. The third-order valence-electron chi connectivity index (χ3n) is 3.90. The molecule has 1 fully saturated rings. The maximum absolute atomic E-state index is 11.6. The van der Waals surface area contributed by atoms with Crippen molar-refractivity contribution >= 4 is 11.6 Å². The van der Waals surface area contributed by atoms with Crippen molar-refractivity contribution in [3.63, 3.8) is 0 Å². The fraction of sp³-hybridized carbons (Fsp3) is 0.294. The number of anilines is 1.